The number of nitrogens with one attached hydrogen (secondary N) is 1. The Morgan fingerprint density at radius 1 is 1.41 bits per heavy atom. The Kier molecular flexibility index (Phi) is 5.32. The van der Waals surface area contributed by atoms with Gasteiger partial charge in [-0.1, -0.05) is 18.2 Å². The smallest absolute Gasteiger partial charge is 0.244 e. The molecule has 1 amide bonds. The van der Waals surface area contributed by atoms with Crippen LogP contribution in [0.15, 0.2) is 35.4 Å². The number of methoxy groups -OCH3 is 1. The molecule has 1 aliphatic rings. The van der Waals surface area contributed by atoms with E-state index in [-0.39, 0.29) is 17.4 Å². The first-order chi connectivity index (χ1) is 10.5. The molecule has 0 aliphatic carbocycles. The number of para-hydroxylation sites is 1. The topological polar surface area (TPSA) is 84.8 Å². The van der Waals surface area contributed by atoms with Gasteiger partial charge in [0, 0.05) is 11.8 Å². The van der Waals surface area contributed by atoms with E-state index in [1.165, 1.54) is 6.21 Å². The molecule has 1 atom stereocenters. The molecule has 1 N–H and O–H groups in total. The number of hydrogen-bond donors (Lipinski definition) is 1. The Morgan fingerprint density at radius 3 is 2.86 bits per heavy atom. The van der Waals surface area contributed by atoms with Crippen molar-refractivity contribution in [1.29, 1.82) is 0 Å². The van der Waals surface area contributed by atoms with Crippen molar-refractivity contribution in [2.75, 3.05) is 18.6 Å². The number of sulfone groups is 1. The second-order valence-electron chi connectivity index (χ2n) is 4.96. The highest BCUT2D eigenvalue weighted by atomic mass is 32.2. The average molecular weight is 322 g/mol. The number of carbonyl (C=O) groups is 1. The van der Waals surface area contributed by atoms with Crippen LogP contribution in [0.2, 0.25) is 0 Å². The Hall–Kier alpha value is -2.15. The number of hydrogen-bond acceptors (Lipinski definition) is 5. The minimum Gasteiger partial charge on any atom is -0.496 e. The van der Waals surface area contributed by atoms with Crippen molar-refractivity contribution in [2.24, 2.45) is 11.0 Å². The van der Waals surface area contributed by atoms with E-state index in [9.17, 15) is 13.2 Å². The Bertz CT molecular complexity index is 695. The lowest BCUT2D eigenvalue weighted by molar-refractivity contribution is -0.124. The number of allylic oxidation sites excluding steroid dienone is 1. The first-order valence-electron chi connectivity index (χ1n) is 6.85. The average Bonchev–Trinajstić information content (AvgIpc) is 2.87. The zero-order chi connectivity index (χ0) is 16.0. The van der Waals surface area contributed by atoms with Crippen molar-refractivity contribution < 1.29 is 17.9 Å². The first-order valence-corrected chi connectivity index (χ1v) is 8.67. The number of carbonyl (C=O) groups excluding carboxylic acids is 1. The van der Waals surface area contributed by atoms with E-state index in [1.54, 1.807) is 19.3 Å². The minimum absolute atomic E-state index is 0.0719. The number of benzene rings is 1. The molecule has 0 unspecified atom stereocenters. The monoisotopic (exact) mass is 322 g/mol. The lowest BCUT2D eigenvalue weighted by Crippen LogP contribution is -2.27. The van der Waals surface area contributed by atoms with Crippen molar-refractivity contribution in [2.45, 2.75) is 6.42 Å². The van der Waals surface area contributed by atoms with Gasteiger partial charge in [0.15, 0.2) is 9.84 Å². The molecule has 7 heteroatoms. The highest BCUT2D eigenvalue weighted by Gasteiger charge is 2.32. The predicted molar refractivity (Wildman–Crippen MR) is 85.4 cm³/mol. The van der Waals surface area contributed by atoms with E-state index in [0.717, 1.165) is 11.3 Å². The van der Waals surface area contributed by atoms with Crippen LogP contribution in [0.4, 0.5) is 0 Å². The van der Waals surface area contributed by atoms with E-state index < -0.39 is 15.8 Å². The summed E-state index contributed by atoms with van der Waals surface area (Å²) >= 11 is 0. The fourth-order valence-corrected chi connectivity index (χ4v) is 3.93. The molecular weight excluding hydrogens is 304 g/mol. The summed E-state index contributed by atoms with van der Waals surface area (Å²) in [7, 11) is -1.47. The summed E-state index contributed by atoms with van der Waals surface area (Å²) in [6, 6.07) is 7.51. The molecule has 1 aromatic rings. The Labute approximate surface area is 129 Å². The molecule has 1 fully saturated rings. The molecule has 0 saturated carbocycles. The van der Waals surface area contributed by atoms with E-state index in [1.807, 2.05) is 24.3 Å². The van der Waals surface area contributed by atoms with Crippen molar-refractivity contribution in [1.82, 2.24) is 5.43 Å². The molecule has 0 bridgehead atoms. The Balaban J connectivity index is 1.85. The summed E-state index contributed by atoms with van der Waals surface area (Å²) in [6.07, 6.45) is 5.27. The van der Waals surface area contributed by atoms with Crippen LogP contribution in [0.1, 0.15) is 12.0 Å². The van der Waals surface area contributed by atoms with Crippen molar-refractivity contribution in [3.8, 4) is 5.75 Å². The maximum Gasteiger partial charge on any atom is 0.244 e. The normalized spacial score (nSPS) is 20.5. The van der Waals surface area contributed by atoms with Crippen LogP contribution in [0.25, 0.3) is 6.08 Å². The highest BCUT2D eigenvalue weighted by Crippen LogP contribution is 2.19. The van der Waals surface area contributed by atoms with Crippen molar-refractivity contribution >= 4 is 28.0 Å². The van der Waals surface area contributed by atoms with Crippen LogP contribution in [0.3, 0.4) is 0 Å². The summed E-state index contributed by atoms with van der Waals surface area (Å²) in [4.78, 5) is 11.7. The van der Waals surface area contributed by atoms with Crippen molar-refractivity contribution in [3.63, 3.8) is 0 Å². The van der Waals surface area contributed by atoms with Crippen molar-refractivity contribution in [3.05, 3.63) is 35.9 Å². The lowest BCUT2D eigenvalue weighted by Gasteiger charge is -2.04. The molecule has 118 valence electrons. The number of nitrogens with zero attached hydrogens (tertiary/aromatic N) is 1. The maximum absolute atomic E-state index is 11.7. The van der Waals surface area contributed by atoms with Gasteiger partial charge in [-0.25, -0.2) is 13.8 Å². The molecule has 0 aromatic heterocycles. The zero-order valence-corrected chi connectivity index (χ0v) is 13.0. The van der Waals surface area contributed by atoms with Gasteiger partial charge in [-0.3, -0.25) is 4.79 Å². The molecule has 6 nitrogen and oxygen atoms in total. The number of rotatable bonds is 5. The van der Waals surface area contributed by atoms with Gasteiger partial charge in [-0.2, -0.15) is 5.10 Å². The molecule has 22 heavy (non-hydrogen) atoms. The SMILES string of the molecule is COc1ccccc1/C=C/C=N\NC(=O)[C@H]1CCS(=O)(=O)C1. The summed E-state index contributed by atoms with van der Waals surface area (Å²) in [5.41, 5.74) is 3.25. The molecule has 1 heterocycles. The maximum atomic E-state index is 11.7. The third-order valence-corrected chi connectivity index (χ3v) is 5.12. The van der Waals surface area contributed by atoms with Crippen LogP contribution < -0.4 is 10.2 Å². The molecule has 2 rings (SSSR count). The van der Waals surface area contributed by atoms with E-state index in [0.29, 0.717) is 6.42 Å². The minimum atomic E-state index is -3.06. The summed E-state index contributed by atoms with van der Waals surface area (Å²) in [6.45, 7) is 0. The molecule has 1 aliphatic heterocycles. The number of ether oxygens (including phenoxy) is 1. The highest BCUT2D eigenvalue weighted by molar-refractivity contribution is 7.91. The third-order valence-electron chi connectivity index (χ3n) is 3.35. The van der Waals surface area contributed by atoms with Gasteiger partial charge < -0.3 is 4.74 Å². The standard InChI is InChI=1S/C15H18N2O4S/c1-21-14-7-3-2-5-12(14)6-4-9-16-17-15(18)13-8-10-22(19,20)11-13/h2-7,9,13H,8,10-11H2,1H3,(H,17,18)/b6-4+,16-9-/t13-/m0/s1. The largest absolute Gasteiger partial charge is 0.496 e. The van der Waals surface area contributed by atoms with Crippen LogP contribution in [-0.4, -0.2) is 39.2 Å². The van der Waals surface area contributed by atoms with Gasteiger partial charge in [0.2, 0.25) is 5.91 Å². The Morgan fingerprint density at radius 2 is 2.18 bits per heavy atom. The van der Waals surface area contributed by atoms with Crippen LogP contribution in [-0.2, 0) is 14.6 Å². The van der Waals surface area contributed by atoms with E-state index in [4.69, 9.17) is 4.74 Å². The lowest BCUT2D eigenvalue weighted by atomic mass is 10.1. The van der Waals surface area contributed by atoms with Gasteiger partial charge in [-0.05, 0) is 24.6 Å². The molecule has 0 radical (unpaired) electrons. The predicted octanol–water partition coefficient (Wildman–Crippen LogP) is 1.25. The molecule has 0 spiro atoms. The van der Waals surface area contributed by atoms with Gasteiger partial charge in [-0.15, -0.1) is 0 Å². The molecule has 1 aromatic carbocycles. The second kappa shape index (κ2) is 7.22. The van der Waals surface area contributed by atoms with Gasteiger partial charge >= 0.3 is 0 Å². The van der Waals surface area contributed by atoms with Crippen LogP contribution in [0, 0.1) is 5.92 Å². The number of amides is 1. The molecular formula is C15H18N2O4S. The third kappa shape index (κ3) is 4.42. The fraction of sp³-hybridized carbons (Fsp3) is 0.333. The van der Waals surface area contributed by atoms with Crippen LogP contribution >= 0.6 is 0 Å². The van der Waals surface area contributed by atoms with Crippen LogP contribution in [0.5, 0.6) is 5.75 Å². The summed E-state index contributed by atoms with van der Waals surface area (Å²) < 4.78 is 27.8. The van der Waals surface area contributed by atoms with E-state index >= 15 is 0 Å². The fourth-order valence-electron chi connectivity index (χ4n) is 2.19. The zero-order valence-electron chi connectivity index (χ0n) is 12.2. The quantitative estimate of drug-likeness (QED) is 0.653. The molecule has 1 saturated heterocycles. The van der Waals surface area contributed by atoms with E-state index in [2.05, 4.69) is 10.5 Å². The number of hydrazone groups is 1. The first kappa shape index (κ1) is 16.2. The van der Waals surface area contributed by atoms with Gasteiger partial charge in [0.1, 0.15) is 5.75 Å². The second-order valence-corrected chi connectivity index (χ2v) is 7.18. The van der Waals surface area contributed by atoms with Gasteiger partial charge in [0.25, 0.3) is 0 Å². The summed E-state index contributed by atoms with van der Waals surface area (Å²) in [5, 5.41) is 3.79. The summed E-state index contributed by atoms with van der Waals surface area (Å²) in [5.74, 6) is -0.135. The van der Waals surface area contributed by atoms with Gasteiger partial charge in [0.05, 0.1) is 24.5 Å².